The first-order valence-electron chi connectivity index (χ1n) is 3.61. The molecule has 0 aromatic heterocycles. The van der Waals surface area contributed by atoms with Crippen LogP contribution in [0.3, 0.4) is 0 Å². The molecule has 4 heteroatoms. The van der Waals surface area contributed by atoms with E-state index in [2.05, 4.69) is 54.5 Å². The largest absolute Gasteiger partial charge is 0.293 e. The van der Waals surface area contributed by atoms with E-state index in [1.54, 1.807) is 0 Å². The predicted molar refractivity (Wildman–Crippen MR) is 69.7 cm³/mol. The highest BCUT2D eigenvalue weighted by Crippen LogP contribution is 2.23. The van der Waals surface area contributed by atoms with Crippen molar-refractivity contribution in [1.29, 1.82) is 0 Å². The first kappa shape index (κ1) is 11.7. The zero-order valence-electron chi connectivity index (χ0n) is 6.90. The summed E-state index contributed by atoms with van der Waals surface area (Å²) in [6.45, 7) is 2.01. The lowest BCUT2D eigenvalue weighted by Crippen LogP contribution is -2.03. The van der Waals surface area contributed by atoms with Crippen LogP contribution in [0.1, 0.15) is 15.9 Å². The molecule has 0 fully saturated rings. The third kappa shape index (κ3) is 2.76. The van der Waals surface area contributed by atoms with Gasteiger partial charge in [0.25, 0.3) is 0 Å². The van der Waals surface area contributed by atoms with E-state index < -0.39 is 0 Å². The average Bonchev–Trinajstić information content (AvgIpc) is 2.10. The van der Waals surface area contributed by atoms with Crippen LogP contribution in [0, 0.1) is 10.5 Å². The summed E-state index contributed by atoms with van der Waals surface area (Å²) in [6, 6.07) is 3.88. The summed E-state index contributed by atoms with van der Waals surface area (Å²) in [7, 11) is 0. The molecule has 1 aromatic carbocycles. The maximum atomic E-state index is 11.4. The van der Waals surface area contributed by atoms with Crippen molar-refractivity contribution in [2.45, 2.75) is 6.92 Å². The van der Waals surface area contributed by atoms with Crippen LogP contribution >= 0.6 is 54.5 Å². The van der Waals surface area contributed by atoms with Gasteiger partial charge in [0.1, 0.15) is 0 Å². The van der Waals surface area contributed by atoms with E-state index in [0.29, 0.717) is 5.33 Å². The van der Waals surface area contributed by atoms with Crippen molar-refractivity contribution >= 4 is 60.2 Å². The Hall–Kier alpha value is 0.580. The summed E-state index contributed by atoms with van der Waals surface area (Å²) >= 11 is 8.75. The minimum absolute atomic E-state index is 0.116. The molecule has 70 valence electrons. The number of benzene rings is 1. The summed E-state index contributed by atoms with van der Waals surface area (Å²) in [5.41, 5.74) is 1.92. The number of halogens is 3. The minimum atomic E-state index is 0.116. The smallest absolute Gasteiger partial charge is 0.174 e. The number of alkyl halides is 1. The van der Waals surface area contributed by atoms with Crippen molar-refractivity contribution in [1.82, 2.24) is 0 Å². The third-order valence-electron chi connectivity index (χ3n) is 1.67. The van der Waals surface area contributed by atoms with Crippen LogP contribution in [0.15, 0.2) is 16.6 Å². The molecule has 0 saturated carbocycles. The Morgan fingerprint density at radius 1 is 1.54 bits per heavy atom. The summed E-state index contributed by atoms with van der Waals surface area (Å²) in [5.74, 6) is 0.116. The standard InChI is InChI=1S/C9H7Br2IO/c1-5-2-8(12)6(3-7(5)11)9(13)4-10/h2-3H,4H2,1H3. The average molecular weight is 418 g/mol. The van der Waals surface area contributed by atoms with E-state index in [9.17, 15) is 4.79 Å². The lowest BCUT2D eigenvalue weighted by molar-refractivity contribution is 0.102. The number of aryl methyl sites for hydroxylation is 1. The Morgan fingerprint density at radius 2 is 2.15 bits per heavy atom. The van der Waals surface area contributed by atoms with Crippen LogP contribution in [0.2, 0.25) is 0 Å². The molecule has 0 atom stereocenters. The Labute approximate surface area is 108 Å². The predicted octanol–water partition coefficient (Wildman–Crippen LogP) is 3.94. The van der Waals surface area contributed by atoms with Gasteiger partial charge in [-0.2, -0.15) is 0 Å². The van der Waals surface area contributed by atoms with Gasteiger partial charge in [0, 0.05) is 13.6 Å². The lowest BCUT2D eigenvalue weighted by Gasteiger charge is -2.04. The van der Waals surface area contributed by atoms with Crippen LogP contribution in [0.25, 0.3) is 0 Å². The highest BCUT2D eigenvalue weighted by Gasteiger charge is 2.10. The Morgan fingerprint density at radius 3 is 2.69 bits per heavy atom. The first-order valence-corrected chi connectivity index (χ1v) is 6.60. The molecule has 0 bridgehead atoms. The monoisotopic (exact) mass is 416 g/mol. The molecule has 1 rings (SSSR count). The second kappa shape index (κ2) is 4.89. The molecule has 0 heterocycles. The van der Waals surface area contributed by atoms with Crippen molar-refractivity contribution in [3.05, 3.63) is 31.3 Å². The van der Waals surface area contributed by atoms with Gasteiger partial charge < -0.3 is 0 Å². The molecule has 0 spiro atoms. The molecule has 1 nitrogen and oxygen atoms in total. The van der Waals surface area contributed by atoms with Crippen molar-refractivity contribution < 1.29 is 4.79 Å². The normalized spacial score (nSPS) is 10.2. The fourth-order valence-electron chi connectivity index (χ4n) is 0.932. The number of ketones is 1. The zero-order valence-corrected chi connectivity index (χ0v) is 12.2. The summed E-state index contributed by atoms with van der Waals surface area (Å²) in [6.07, 6.45) is 0. The molecule has 0 saturated heterocycles. The number of hydrogen-bond donors (Lipinski definition) is 0. The number of Topliss-reactive ketones (excluding diaryl/α,β-unsaturated/α-hetero) is 1. The van der Waals surface area contributed by atoms with Crippen LogP contribution in [0.4, 0.5) is 0 Å². The molecule has 0 aliphatic heterocycles. The van der Waals surface area contributed by atoms with E-state index in [4.69, 9.17) is 0 Å². The SMILES string of the molecule is Cc1cc(I)c(C(=O)CBr)cc1Br. The molecule has 0 N–H and O–H groups in total. The van der Waals surface area contributed by atoms with Crippen molar-refractivity contribution in [3.8, 4) is 0 Å². The van der Waals surface area contributed by atoms with Gasteiger partial charge in [0.05, 0.1) is 5.33 Å². The lowest BCUT2D eigenvalue weighted by atomic mass is 10.1. The van der Waals surface area contributed by atoms with Crippen molar-refractivity contribution in [2.24, 2.45) is 0 Å². The highest BCUT2D eigenvalue weighted by atomic mass is 127. The van der Waals surface area contributed by atoms with Crippen LogP contribution in [0.5, 0.6) is 0 Å². The van der Waals surface area contributed by atoms with Gasteiger partial charge >= 0.3 is 0 Å². The summed E-state index contributed by atoms with van der Waals surface area (Å²) in [5, 5.41) is 0.374. The van der Waals surface area contributed by atoms with Gasteiger partial charge in [0.2, 0.25) is 0 Å². The molecule has 0 amide bonds. The second-order valence-corrected chi connectivity index (χ2v) is 5.22. The molecule has 1 aromatic rings. The van der Waals surface area contributed by atoms with Gasteiger partial charge in [-0.1, -0.05) is 31.9 Å². The van der Waals surface area contributed by atoms with E-state index in [-0.39, 0.29) is 5.78 Å². The van der Waals surface area contributed by atoms with Crippen molar-refractivity contribution in [3.63, 3.8) is 0 Å². The van der Waals surface area contributed by atoms with Gasteiger partial charge in [-0.25, -0.2) is 0 Å². The van der Waals surface area contributed by atoms with Crippen LogP contribution in [-0.2, 0) is 0 Å². The van der Waals surface area contributed by atoms with Crippen molar-refractivity contribution in [2.75, 3.05) is 5.33 Å². The minimum Gasteiger partial charge on any atom is -0.293 e. The van der Waals surface area contributed by atoms with Gasteiger partial charge in [-0.15, -0.1) is 0 Å². The molecule has 0 aliphatic carbocycles. The molecular formula is C9H7Br2IO. The number of carbonyl (C=O) groups is 1. The van der Waals surface area contributed by atoms with E-state index in [0.717, 1.165) is 19.2 Å². The summed E-state index contributed by atoms with van der Waals surface area (Å²) < 4.78 is 1.99. The molecular weight excluding hydrogens is 411 g/mol. The van der Waals surface area contributed by atoms with Crippen LogP contribution < -0.4 is 0 Å². The third-order valence-corrected chi connectivity index (χ3v) is 3.93. The Kier molecular flexibility index (Phi) is 4.38. The fraction of sp³-hybridized carbons (Fsp3) is 0.222. The van der Waals surface area contributed by atoms with Gasteiger partial charge in [0.15, 0.2) is 5.78 Å². The number of hydrogen-bond acceptors (Lipinski definition) is 1. The number of rotatable bonds is 2. The topological polar surface area (TPSA) is 17.1 Å². The maximum Gasteiger partial charge on any atom is 0.174 e. The van der Waals surface area contributed by atoms with E-state index in [1.165, 1.54) is 0 Å². The maximum absolute atomic E-state index is 11.4. The quantitative estimate of drug-likeness (QED) is 0.405. The Bertz CT molecular complexity index is 350. The van der Waals surface area contributed by atoms with E-state index >= 15 is 0 Å². The van der Waals surface area contributed by atoms with Gasteiger partial charge in [-0.3, -0.25) is 4.79 Å². The summed E-state index contributed by atoms with van der Waals surface area (Å²) in [4.78, 5) is 11.4. The molecule has 13 heavy (non-hydrogen) atoms. The van der Waals surface area contributed by atoms with Crippen LogP contribution in [-0.4, -0.2) is 11.1 Å². The molecule has 0 aliphatic rings. The van der Waals surface area contributed by atoms with Gasteiger partial charge in [-0.05, 0) is 47.2 Å². The Balaban J connectivity index is 3.23. The second-order valence-electron chi connectivity index (χ2n) is 2.64. The molecule has 0 unspecified atom stereocenters. The molecule has 0 radical (unpaired) electrons. The highest BCUT2D eigenvalue weighted by molar-refractivity contribution is 14.1. The first-order chi connectivity index (χ1) is 6.06. The van der Waals surface area contributed by atoms with E-state index in [1.807, 2.05) is 19.1 Å². The zero-order chi connectivity index (χ0) is 10.0. The number of carbonyl (C=O) groups excluding carboxylic acids is 1. The fourth-order valence-corrected chi connectivity index (χ4v) is 2.50.